The summed E-state index contributed by atoms with van der Waals surface area (Å²) in [5.74, 6) is 1.14. The Hall–Kier alpha value is -0.670. The maximum Gasteiger partial charge on any atom is 0.151 e. The minimum atomic E-state index is 0.459. The number of hydrogen-bond acceptors (Lipinski definition) is 3. The number of halogens is 1. The van der Waals surface area contributed by atoms with Crippen LogP contribution in [0.3, 0.4) is 0 Å². The molecule has 0 heterocycles. The Kier molecular flexibility index (Phi) is 5.86. The second kappa shape index (κ2) is 6.92. The van der Waals surface area contributed by atoms with Gasteiger partial charge in [-0.2, -0.15) is 11.8 Å². The molecular formula is C13H18ClNOS. The minimum absolute atomic E-state index is 0.459. The molecule has 1 unspecified atom stereocenters. The fourth-order valence-corrected chi connectivity index (χ4v) is 2.36. The van der Waals surface area contributed by atoms with Gasteiger partial charge in [0.15, 0.2) is 6.29 Å². The molecule has 1 atom stereocenters. The SMILES string of the molecule is CSCCC(C)N(C)c1ccc(C=O)c(Cl)c1. The summed E-state index contributed by atoms with van der Waals surface area (Å²) in [5.41, 5.74) is 1.59. The van der Waals surface area contributed by atoms with Crippen LogP contribution in [-0.4, -0.2) is 31.4 Å². The van der Waals surface area contributed by atoms with Crippen LogP contribution in [0.4, 0.5) is 5.69 Å². The van der Waals surface area contributed by atoms with Gasteiger partial charge in [0.25, 0.3) is 0 Å². The van der Waals surface area contributed by atoms with E-state index in [0.29, 0.717) is 16.6 Å². The summed E-state index contributed by atoms with van der Waals surface area (Å²) < 4.78 is 0. The Morgan fingerprint density at radius 2 is 2.24 bits per heavy atom. The van der Waals surface area contributed by atoms with Crippen molar-refractivity contribution < 1.29 is 4.79 Å². The summed E-state index contributed by atoms with van der Waals surface area (Å²) in [7, 11) is 2.05. The first-order chi connectivity index (χ1) is 8.10. The van der Waals surface area contributed by atoms with Crippen LogP contribution >= 0.6 is 23.4 Å². The molecule has 1 aromatic carbocycles. The van der Waals surface area contributed by atoms with E-state index in [0.717, 1.165) is 24.1 Å². The zero-order valence-electron chi connectivity index (χ0n) is 10.4. The molecule has 0 aliphatic carbocycles. The lowest BCUT2D eigenvalue weighted by Gasteiger charge is -2.27. The molecule has 0 bridgehead atoms. The first kappa shape index (κ1) is 14.4. The molecule has 1 aromatic rings. The molecule has 0 amide bonds. The van der Waals surface area contributed by atoms with Gasteiger partial charge in [0.1, 0.15) is 0 Å². The van der Waals surface area contributed by atoms with Crippen molar-refractivity contribution in [3.63, 3.8) is 0 Å². The lowest BCUT2D eigenvalue weighted by atomic mass is 10.1. The Morgan fingerprint density at radius 3 is 2.76 bits per heavy atom. The summed E-state index contributed by atoms with van der Waals surface area (Å²) in [4.78, 5) is 12.9. The standard InChI is InChI=1S/C13H18ClNOS/c1-10(6-7-17-3)15(2)12-5-4-11(9-16)13(14)8-12/h4-5,8-10H,6-7H2,1-3H3. The van der Waals surface area contributed by atoms with E-state index in [9.17, 15) is 4.79 Å². The van der Waals surface area contributed by atoms with E-state index < -0.39 is 0 Å². The Balaban J connectivity index is 2.78. The smallest absolute Gasteiger partial charge is 0.151 e. The fraction of sp³-hybridized carbons (Fsp3) is 0.462. The number of nitrogens with zero attached hydrogens (tertiary/aromatic N) is 1. The summed E-state index contributed by atoms with van der Waals surface area (Å²) in [6.07, 6.45) is 4.02. The third-order valence-electron chi connectivity index (χ3n) is 2.92. The van der Waals surface area contributed by atoms with Crippen LogP contribution in [-0.2, 0) is 0 Å². The van der Waals surface area contributed by atoms with E-state index in [4.69, 9.17) is 11.6 Å². The number of aldehydes is 1. The quantitative estimate of drug-likeness (QED) is 0.736. The van der Waals surface area contributed by atoms with Gasteiger partial charge in [0.2, 0.25) is 0 Å². The van der Waals surface area contributed by atoms with Gasteiger partial charge >= 0.3 is 0 Å². The lowest BCUT2D eigenvalue weighted by molar-refractivity contribution is 0.112. The highest BCUT2D eigenvalue weighted by molar-refractivity contribution is 7.98. The molecular weight excluding hydrogens is 254 g/mol. The molecule has 2 nitrogen and oxygen atoms in total. The van der Waals surface area contributed by atoms with Crippen LogP contribution in [0.2, 0.25) is 5.02 Å². The molecule has 0 saturated heterocycles. The van der Waals surface area contributed by atoms with E-state index in [1.807, 2.05) is 23.9 Å². The first-order valence-corrected chi connectivity index (χ1v) is 7.33. The Labute approximate surface area is 112 Å². The third kappa shape index (κ3) is 3.93. The van der Waals surface area contributed by atoms with Gasteiger partial charge in [-0.05, 0) is 43.6 Å². The monoisotopic (exact) mass is 271 g/mol. The van der Waals surface area contributed by atoms with Crippen molar-refractivity contribution in [3.8, 4) is 0 Å². The van der Waals surface area contributed by atoms with Crippen LogP contribution in [0.25, 0.3) is 0 Å². The van der Waals surface area contributed by atoms with Crippen molar-refractivity contribution in [2.45, 2.75) is 19.4 Å². The number of carbonyl (C=O) groups is 1. The third-order valence-corrected chi connectivity index (χ3v) is 3.89. The summed E-state index contributed by atoms with van der Waals surface area (Å²) >= 11 is 7.87. The van der Waals surface area contributed by atoms with Crippen LogP contribution < -0.4 is 4.90 Å². The molecule has 0 aromatic heterocycles. The second-order valence-corrected chi connectivity index (χ2v) is 5.46. The van der Waals surface area contributed by atoms with Crippen molar-refractivity contribution in [1.29, 1.82) is 0 Å². The van der Waals surface area contributed by atoms with Crippen LogP contribution in [0.5, 0.6) is 0 Å². The molecule has 0 fully saturated rings. The molecule has 0 aliphatic rings. The van der Waals surface area contributed by atoms with Crippen molar-refractivity contribution in [1.82, 2.24) is 0 Å². The first-order valence-electron chi connectivity index (χ1n) is 5.56. The van der Waals surface area contributed by atoms with Gasteiger partial charge in [-0.15, -0.1) is 0 Å². The van der Waals surface area contributed by atoms with Crippen molar-refractivity contribution in [3.05, 3.63) is 28.8 Å². The van der Waals surface area contributed by atoms with Gasteiger partial charge in [-0.1, -0.05) is 11.6 Å². The van der Waals surface area contributed by atoms with E-state index in [1.165, 1.54) is 0 Å². The summed E-state index contributed by atoms with van der Waals surface area (Å²) in [6.45, 7) is 2.19. The van der Waals surface area contributed by atoms with Gasteiger partial charge in [0, 0.05) is 24.3 Å². The summed E-state index contributed by atoms with van der Waals surface area (Å²) in [5, 5.41) is 0.515. The zero-order valence-corrected chi connectivity index (χ0v) is 12.0. The topological polar surface area (TPSA) is 20.3 Å². The maximum absolute atomic E-state index is 10.7. The molecule has 17 heavy (non-hydrogen) atoms. The largest absolute Gasteiger partial charge is 0.372 e. The highest BCUT2D eigenvalue weighted by Gasteiger charge is 2.11. The highest BCUT2D eigenvalue weighted by atomic mass is 35.5. The molecule has 0 spiro atoms. The second-order valence-electron chi connectivity index (χ2n) is 4.07. The average molecular weight is 272 g/mol. The fourth-order valence-electron chi connectivity index (χ4n) is 1.57. The Morgan fingerprint density at radius 1 is 1.53 bits per heavy atom. The van der Waals surface area contributed by atoms with Crippen molar-refractivity contribution >= 4 is 35.3 Å². The number of hydrogen-bond donors (Lipinski definition) is 0. The van der Waals surface area contributed by atoms with E-state index >= 15 is 0 Å². The molecule has 0 aliphatic heterocycles. The van der Waals surface area contributed by atoms with Gasteiger partial charge in [-0.25, -0.2) is 0 Å². The van der Waals surface area contributed by atoms with Crippen molar-refractivity contribution in [2.75, 3.05) is 24.0 Å². The molecule has 4 heteroatoms. The minimum Gasteiger partial charge on any atom is -0.372 e. The number of benzene rings is 1. The van der Waals surface area contributed by atoms with Crippen LogP contribution in [0.15, 0.2) is 18.2 Å². The predicted octanol–water partition coefficient (Wildman–Crippen LogP) is 3.73. The number of thioether (sulfide) groups is 1. The van der Waals surface area contributed by atoms with E-state index in [-0.39, 0.29) is 0 Å². The molecule has 0 radical (unpaired) electrons. The normalized spacial score (nSPS) is 12.2. The lowest BCUT2D eigenvalue weighted by Crippen LogP contribution is -2.29. The molecule has 1 rings (SSSR count). The van der Waals surface area contributed by atoms with Crippen LogP contribution in [0, 0.1) is 0 Å². The zero-order chi connectivity index (χ0) is 12.8. The highest BCUT2D eigenvalue weighted by Crippen LogP contribution is 2.24. The maximum atomic E-state index is 10.7. The van der Waals surface area contributed by atoms with E-state index in [2.05, 4.69) is 25.1 Å². The average Bonchev–Trinajstić information content (AvgIpc) is 2.34. The van der Waals surface area contributed by atoms with Crippen LogP contribution in [0.1, 0.15) is 23.7 Å². The predicted molar refractivity (Wildman–Crippen MR) is 77.7 cm³/mol. The Bertz CT molecular complexity index is 384. The summed E-state index contributed by atoms with van der Waals surface area (Å²) in [6, 6.07) is 6.01. The molecule has 0 saturated carbocycles. The molecule has 94 valence electrons. The number of anilines is 1. The number of carbonyl (C=O) groups excluding carboxylic acids is 1. The van der Waals surface area contributed by atoms with Gasteiger partial charge in [-0.3, -0.25) is 4.79 Å². The van der Waals surface area contributed by atoms with Crippen molar-refractivity contribution in [2.24, 2.45) is 0 Å². The van der Waals surface area contributed by atoms with E-state index in [1.54, 1.807) is 6.07 Å². The van der Waals surface area contributed by atoms with Gasteiger partial charge < -0.3 is 4.90 Å². The number of rotatable bonds is 6. The van der Waals surface area contributed by atoms with Gasteiger partial charge in [0.05, 0.1) is 5.02 Å². The molecule has 0 N–H and O–H groups in total.